The number of hydrogen-bond acceptors (Lipinski definition) is 29. The first-order chi connectivity index (χ1) is 62.3. The van der Waals surface area contributed by atoms with Crippen LogP contribution in [0.25, 0.3) is 40.9 Å². The molecular formula is C93H107F4N21O8S4. The van der Waals surface area contributed by atoms with Gasteiger partial charge < -0.3 is 106 Å². The SMILES string of the molecule is COC[C@@H]1CN(c2ccc3c(c2)CC[C@H](NC(=O)c2sc4nc(C)ccc4c2N)C3)C[C@@H]1N.COC[C@H]1CN(c2ccc3c(n2)CC[C@H](NC(=O)c2sc4nc(C)ccc4c2N)C3)C[C@H]1N.Cc1ccc2c(N)c(C(=O)N[C@H]3COc4cc(N5C[C@@H](N)C(F)(F)C5)ccc4C3)sc2n1.Cc1ccc2c(N)c(C(=O)N[C@H]3COc4cc(N5C[C@H](N)C(F)(F)C5)ccc4C3)sc2n1. The number of nitrogens with two attached hydrogens (primary N) is 8. The van der Waals surface area contributed by atoms with Gasteiger partial charge in [-0.2, -0.15) is 0 Å². The van der Waals surface area contributed by atoms with E-state index in [1.165, 1.54) is 67.7 Å². The van der Waals surface area contributed by atoms with Gasteiger partial charge in [0.05, 0.1) is 73.2 Å². The quantitative estimate of drug-likeness (QED) is 0.0400. The van der Waals surface area contributed by atoms with Crippen molar-refractivity contribution in [1.82, 2.24) is 46.2 Å². The van der Waals surface area contributed by atoms with Gasteiger partial charge in [-0.15, -0.1) is 45.3 Å². The summed E-state index contributed by atoms with van der Waals surface area (Å²) in [6, 6.07) is 34.5. The third kappa shape index (κ3) is 19.2. The van der Waals surface area contributed by atoms with Crippen LogP contribution in [0, 0.1) is 39.5 Å². The van der Waals surface area contributed by atoms with Crippen LogP contribution in [-0.4, -0.2) is 202 Å². The van der Waals surface area contributed by atoms with E-state index in [1.54, 1.807) is 48.3 Å². The molecule has 0 radical (unpaired) electrons. The Balaban J connectivity index is 0.000000121. The summed E-state index contributed by atoms with van der Waals surface area (Å²) in [5, 5.41) is 15.6. The maximum absolute atomic E-state index is 13.8. The highest BCUT2D eigenvalue weighted by molar-refractivity contribution is 7.22. The number of benzene rings is 3. The molecule has 0 unspecified atom stereocenters. The fourth-order valence-electron chi connectivity index (χ4n) is 18.3. The van der Waals surface area contributed by atoms with E-state index in [-0.39, 0.29) is 86.2 Å². The number of pyridine rings is 5. The van der Waals surface area contributed by atoms with Crippen molar-refractivity contribution >= 4 is 155 Å². The van der Waals surface area contributed by atoms with E-state index in [4.69, 9.17) is 69.8 Å². The van der Waals surface area contributed by atoms with E-state index in [2.05, 4.69) is 81.3 Å². The van der Waals surface area contributed by atoms with Gasteiger partial charge in [-0.3, -0.25) is 19.2 Å². The number of rotatable bonds is 16. The number of anilines is 8. The summed E-state index contributed by atoms with van der Waals surface area (Å²) in [6.45, 7) is 12.4. The third-order valence-electron chi connectivity index (χ3n) is 25.6. The van der Waals surface area contributed by atoms with Crippen molar-refractivity contribution in [1.29, 1.82) is 0 Å². The van der Waals surface area contributed by atoms with E-state index in [1.807, 2.05) is 88.4 Å². The van der Waals surface area contributed by atoms with Gasteiger partial charge in [0, 0.05) is 169 Å². The van der Waals surface area contributed by atoms with Crippen molar-refractivity contribution in [2.24, 2.45) is 34.8 Å². The molecule has 130 heavy (non-hydrogen) atoms. The van der Waals surface area contributed by atoms with Crippen LogP contribution in [0.1, 0.15) is 108 Å². The minimum absolute atomic E-state index is 0.0586. The van der Waals surface area contributed by atoms with Gasteiger partial charge in [-0.05, 0) is 186 Å². The molecule has 8 aliphatic rings. The van der Waals surface area contributed by atoms with Crippen LogP contribution in [-0.2, 0) is 48.0 Å². The predicted molar refractivity (Wildman–Crippen MR) is 507 cm³/mol. The van der Waals surface area contributed by atoms with Gasteiger partial charge in [-0.25, -0.2) is 42.5 Å². The van der Waals surface area contributed by atoms with Crippen LogP contribution >= 0.6 is 45.3 Å². The largest absolute Gasteiger partial charge is 0.491 e. The number of alkyl halides is 4. The number of aryl methyl sites for hydroxylation is 6. The number of amides is 4. The Kier molecular flexibility index (Phi) is 26.1. The van der Waals surface area contributed by atoms with Gasteiger partial charge in [0.15, 0.2) is 0 Å². The number of halogens is 4. The van der Waals surface area contributed by atoms with Gasteiger partial charge in [-0.1, -0.05) is 24.3 Å². The number of nitrogens with zero attached hydrogens (tertiary/aromatic N) is 9. The summed E-state index contributed by atoms with van der Waals surface area (Å²) in [4.78, 5) is 87.4. The maximum Gasteiger partial charge on any atom is 0.281 e. The molecule has 20 N–H and O–H groups in total. The zero-order valence-electron chi connectivity index (χ0n) is 72.9. The molecule has 4 fully saturated rings. The van der Waals surface area contributed by atoms with E-state index in [0.717, 1.165) is 151 Å². The Morgan fingerprint density at radius 1 is 0.415 bits per heavy atom. The number of carbonyl (C=O) groups is 4. The number of methoxy groups -OCH3 is 2. The van der Waals surface area contributed by atoms with Gasteiger partial charge >= 0.3 is 0 Å². The van der Waals surface area contributed by atoms with E-state index in [9.17, 15) is 36.7 Å². The van der Waals surface area contributed by atoms with Crippen molar-refractivity contribution in [2.75, 3.05) is 136 Å². The molecule has 20 rings (SSSR count). The summed E-state index contributed by atoms with van der Waals surface area (Å²) in [5.41, 5.74) is 63.4. The minimum atomic E-state index is -2.91. The topological polar surface area (TPSA) is 439 Å². The molecule has 0 saturated carbocycles. The van der Waals surface area contributed by atoms with Crippen molar-refractivity contribution in [3.63, 3.8) is 0 Å². The Hall–Kier alpha value is -11.4. The normalized spacial score (nSPS) is 22.2. The summed E-state index contributed by atoms with van der Waals surface area (Å²) in [7, 11) is 3.45. The molecule has 4 saturated heterocycles. The highest BCUT2D eigenvalue weighted by Crippen LogP contribution is 2.42. The lowest BCUT2D eigenvalue weighted by Gasteiger charge is -2.27. The first-order valence-electron chi connectivity index (χ1n) is 43.5. The minimum Gasteiger partial charge on any atom is -0.491 e. The van der Waals surface area contributed by atoms with Crippen LogP contribution in [0.5, 0.6) is 11.5 Å². The highest BCUT2D eigenvalue weighted by atomic mass is 32.1. The van der Waals surface area contributed by atoms with Crippen molar-refractivity contribution in [3.8, 4) is 11.5 Å². The molecule has 6 aliphatic heterocycles. The summed E-state index contributed by atoms with van der Waals surface area (Å²) in [5.74, 6) is -3.62. The molecule has 3 aromatic carbocycles. The lowest BCUT2D eigenvalue weighted by Crippen LogP contribution is -2.42. The second-order valence-corrected chi connectivity index (χ2v) is 39.2. The number of nitrogens with one attached hydrogen (secondary N) is 4. The Morgan fingerprint density at radius 3 is 1.17 bits per heavy atom. The first-order valence-corrected chi connectivity index (χ1v) is 46.8. The van der Waals surface area contributed by atoms with Crippen LogP contribution in [0.3, 0.4) is 0 Å². The van der Waals surface area contributed by atoms with Gasteiger partial charge in [0.25, 0.3) is 35.5 Å². The zero-order valence-corrected chi connectivity index (χ0v) is 76.2. The van der Waals surface area contributed by atoms with Crippen molar-refractivity contribution < 1.29 is 55.7 Å². The number of aromatic nitrogens is 5. The Bertz CT molecular complexity index is 5940. The molecule has 15 heterocycles. The molecular weight excluding hydrogens is 1740 g/mol. The number of thiophene rings is 4. The van der Waals surface area contributed by atoms with E-state index in [0.29, 0.717) is 103 Å². The lowest BCUT2D eigenvalue weighted by molar-refractivity contribution is 0.00915. The molecule has 4 amide bonds. The number of fused-ring (bicyclic) bond motifs is 8. The van der Waals surface area contributed by atoms with Crippen LogP contribution in [0.2, 0.25) is 0 Å². The molecule has 684 valence electrons. The number of carbonyl (C=O) groups excluding carboxylic acids is 4. The summed E-state index contributed by atoms with van der Waals surface area (Å²) >= 11 is 5.26. The van der Waals surface area contributed by atoms with Crippen LogP contribution in [0.15, 0.2) is 115 Å². The fraction of sp³-hybridized carbons (Fsp3) is 0.409. The molecule has 29 nitrogen and oxygen atoms in total. The zero-order chi connectivity index (χ0) is 91.5. The van der Waals surface area contributed by atoms with Crippen molar-refractivity contribution in [3.05, 3.63) is 191 Å². The third-order valence-corrected chi connectivity index (χ3v) is 30.0. The summed E-state index contributed by atoms with van der Waals surface area (Å²) in [6.07, 6.45) is 6.27. The molecule has 12 aromatic rings. The lowest BCUT2D eigenvalue weighted by atomic mass is 9.87. The monoisotopic (exact) mass is 1850 g/mol. The van der Waals surface area contributed by atoms with Crippen LogP contribution in [0.4, 0.5) is 63.2 Å². The average molecular weight is 1850 g/mol. The Morgan fingerprint density at radius 2 is 0.769 bits per heavy atom. The number of hydrogen-bond donors (Lipinski definition) is 12. The first kappa shape index (κ1) is 90.5. The smallest absolute Gasteiger partial charge is 0.281 e. The fourth-order valence-corrected chi connectivity index (χ4v) is 22.4. The predicted octanol–water partition coefficient (Wildman–Crippen LogP) is 10.6. The maximum atomic E-state index is 13.8. The van der Waals surface area contributed by atoms with E-state index >= 15 is 0 Å². The average Bonchev–Trinajstić information content (AvgIpc) is 1.63. The second kappa shape index (κ2) is 37.5. The molecule has 0 bridgehead atoms. The molecule has 2 aliphatic carbocycles. The van der Waals surface area contributed by atoms with Gasteiger partial charge in [0.1, 0.15) is 69.4 Å². The summed E-state index contributed by atoms with van der Waals surface area (Å²) < 4.78 is 77.5. The standard InChI is InChI=1S/C25H31N5O2S.C24H30N6O2S.2C22H23F2N5O2S/c1-14-3-8-20-22(27)23(33-25(20)28-14)24(31)29-18-6-4-16-10-19(7-5-15(16)9-18)30-11-17(13-32-2)21(26)12-30;1-13-3-6-17-21(26)22(33-24(17)27-13)23(31)28-16-5-7-19-14(9-16)4-8-20(29-19)30-10-15(12-32-2)18(25)11-30;2*1-11-2-5-15-18(26)19(32-21(15)27-11)20(30)28-13-6-12-3-4-14(7-16(12)31-9-13)29-8-17(25)22(23,24)10-29/h3,5,7-8,10,17-18,21H,4,6,9,11-13,26-27H2,1-2H3,(H,29,31);3-4,6,8,15-16,18H,5,7,9-12,25-26H2,1-2H3,(H,28,31);2*2-5,7,13,17H,6,8-10,25-26H2,1H3,(H,28,30)/t17-,18-,21-;15-,16+,18-;13-,17+;13-,17-/m0111/s1. The molecule has 10 atom stereocenters. The molecule has 0 spiro atoms. The van der Waals surface area contributed by atoms with E-state index < -0.39 is 37.0 Å². The van der Waals surface area contributed by atoms with Crippen molar-refractivity contribution in [2.45, 2.75) is 139 Å². The highest BCUT2D eigenvalue weighted by Gasteiger charge is 2.48. The second-order valence-electron chi connectivity index (χ2n) is 35.2. The number of ether oxygens (including phenoxy) is 4. The van der Waals surface area contributed by atoms with Crippen LogP contribution < -0.4 is 96.2 Å². The number of nitrogen functional groups attached to an aromatic ring is 4. The molecule has 9 aromatic heterocycles. The van der Waals surface area contributed by atoms with Gasteiger partial charge in [0.2, 0.25) is 0 Å². The molecule has 37 heteroatoms. The Labute approximate surface area is 764 Å².